The number of phosphoric acid groups is 1. The number of aliphatic hydroxyl groups excluding tert-OH is 1. The van der Waals surface area contributed by atoms with E-state index >= 15 is 0 Å². The summed E-state index contributed by atoms with van der Waals surface area (Å²) in [5, 5.41) is 10.1. The van der Waals surface area contributed by atoms with E-state index in [1.165, 1.54) is 77.0 Å². The highest BCUT2D eigenvalue weighted by molar-refractivity contribution is 7.45. The third kappa shape index (κ3) is 39.9. The predicted molar refractivity (Wildman–Crippen MR) is 223 cm³/mol. The molecule has 55 heavy (non-hydrogen) atoms. The Hall–Kier alpha value is -2.07. The second-order valence-corrected chi connectivity index (χ2v) is 17.0. The zero-order valence-electron chi connectivity index (χ0n) is 35.5. The molecule has 0 spiro atoms. The van der Waals surface area contributed by atoms with Crippen LogP contribution >= 0.6 is 7.82 Å². The molecule has 10 nitrogen and oxygen atoms in total. The Kier molecular flexibility index (Phi) is 34.9. The predicted octanol–water partition coefficient (Wildman–Crippen LogP) is 10.2. The number of unbranched alkanes of at least 4 members (excludes halogenated alkanes) is 16. The van der Waals surface area contributed by atoms with Gasteiger partial charge in [-0.15, -0.1) is 0 Å². The maximum Gasteiger partial charge on any atom is 0.306 e. The highest BCUT2D eigenvalue weighted by atomic mass is 31.2. The van der Waals surface area contributed by atoms with Gasteiger partial charge in [-0.3, -0.25) is 14.2 Å². The van der Waals surface area contributed by atoms with Gasteiger partial charge in [-0.2, -0.15) is 0 Å². The van der Waals surface area contributed by atoms with Crippen LogP contribution in [0.5, 0.6) is 0 Å². The van der Waals surface area contributed by atoms with Gasteiger partial charge in [0, 0.05) is 12.8 Å². The summed E-state index contributed by atoms with van der Waals surface area (Å²) in [6.45, 7) is 4.02. The van der Waals surface area contributed by atoms with Crippen molar-refractivity contribution in [3.05, 3.63) is 48.6 Å². The molecule has 0 amide bonds. The van der Waals surface area contributed by atoms with Crippen LogP contribution < -0.4 is 4.89 Å². The van der Waals surface area contributed by atoms with Crippen molar-refractivity contribution in [2.45, 2.75) is 174 Å². The zero-order valence-corrected chi connectivity index (χ0v) is 36.4. The Balaban J connectivity index is 4.57. The van der Waals surface area contributed by atoms with E-state index in [1.54, 1.807) is 12.2 Å². The summed E-state index contributed by atoms with van der Waals surface area (Å²) in [6.07, 6.45) is 37.4. The number of rotatable bonds is 38. The summed E-state index contributed by atoms with van der Waals surface area (Å²) >= 11 is 0. The fraction of sp³-hybridized carbons (Fsp3) is 0.773. The minimum atomic E-state index is -4.66. The van der Waals surface area contributed by atoms with Crippen LogP contribution in [0, 0.1) is 0 Å². The third-order valence-corrected chi connectivity index (χ3v) is 9.90. The molecule has 0 saturated heterocycles. The first kappa shape index (κ1) is 52.9. The number of aliphatic hydroxyl groups is 1. The van der Waals surface area contributed by atoms with E-state index in [4.69, 9.17) is 18.5 Å². The molecule has 0 aliphatic rings. The van der Waals surface area contributed by atoms with Crippen LogP contribution in [-0.2, 0) is 32.7 Å². The topological polar surface area (TPSA) is 131 Å². The van der Waals surface area contributed by atoms with E-state index in [1.807, 2.05) is 39.4 Å². The quantitative estimate of drug-likeness (QED) is 0.0162. The monoisotopic (exact) mass is 798 g/mol. The lowest BCUT2D eigenvalue weighted by Gasteiger charge is -2.28. The Bertz CT molecular complexity index is 1100. The summed E-state index contributed by atoms with van der Waals surface area (Å²) in [4.78, 5) is 37.4. The van der Waals surface area contributed by atoms with Crippen molar-refractivity contribution in [3.63, 3.8) is 0 Å². The molecule has 1 N–H and O–H groups in total. The first-order valence-corrected chi connectivity index (χ1v) is 22.9. The molecule has 0 fully saturated rings. The summed E-state index contributed by atoms with van der Waals surface area (Å²) in [5.41, 5.74) is 0. The molecule has 0 radical (unpaired) electrons. The molecule has 0 aromatic carbocycles. The number of hydrogen-bond donors (Lipinski definition) is 1. The van der Waals surface area contributed by atoms with Crippen molar-refractivity contribution in [1.82, 2.24) is 0 Å². The molecular formula is C44H80NO9P. The Morgan fingerprint density at radius 3 is 1.87 bits per heavy atom. The van der Waals surface area contributed by atoms with Crippen molar-refractivity contribution in [2.75, 3.05) is 47.5 Å². The number of carbonyl (C=O) groups is 2. The van der Waals surface area contributed by atoms with Crippen molar-refractivity contribution < 1.29 is 47.2 Å². The molecule has 2 unspecified atom stereocenters. The zero-order chi connectivity index (χ0) is 40.9. The molecule has 3 atom stereocenters. The number of esters is 2. The fourth-order valence-electron chi connectivity index (χ4n) is 5.49. The minimum absolute atomic E-state index is 0.0569. The van der Waals surface area contributed by atoms with Gasteiger partial charge >= 0.3 is 11.9 Å². The average Bonchev–Trinajstić information content (AvgIpc) is 3.12. The van der Waals surface area contributed by atoms with Gasteiger partial charge in [-0.1, -0.05) is 152 Å². The summed E-state index contributed by atoms with van der Waals surface area (Å²) in [6, 6.07) is 0. The molecule has 320 valence electrons. The molecule has 0 aliphatic heterocycles. The van der Waals surface area contributed by atoms with E-state index in [0.29, 0.717) is 36.7 Å². The smallest absolute Gasteiger partial charge is 0.306 e. The van der Waals surface area contributed by atoms with Gasteiger partial charge in [0.1, 0.15) is 19.8 Å². The average molecular weight is 798 g/mol. The first-order chi connectivity index (χ1) is 26.4. The van der Waals surface area contributed by atoms with Gasteiger partial charge in [-0.05, 0) is 44.9 Å². The summed E-state index contributed by atoms with van der Waals surface area (Å²) < 4.78 is 33.7. The number of ether oxygens (including phenoxy) is 2. The molecule has 0 heterocycles. The maximum absolute atomic E-state index is 12.6. The van der Waals surface area contributed by atoms with E-state index in [-0.39, 0.29) is 26.1 Å². The highest BCUT2D eigenvalue weighted by Gasteiger charge is 2.21. The number of nitrogens with zero attached hydrogens (tertiary/aromatic N) is 1. The number of quaternary nitrogens is 1. The third-order valence-electron chi connectivity index (χ3n) is 8.93. The largest absolute Gasteiger partial charge is 0.756 e. The van der Waals surface area contributed by atoms with Gasteiger partial charge in [-0.25, -0.2) is 0 Å². The molecule has 0 aliphatic carbocycles. The van der Waals surface area contributed by atoms with Gasteiger partial charge < -0.3 is 33.0 Å². The first-order valence-electron chi connectivity index (χ1n) is 21.5. The van der Waals surface area contributed by atoms with Crippen LogP contribution in [0.2, 0.25) is 0 Å². The summed E-state index contributed by atoms with van der Waals surface area (Å²) in [7, 11) is 1.08. The lowest BCUT2D eigenvalue weighted by atomic mass is 10.0. The molecule has 0 rings (SSSR count). The summed E-state index contributed by atoms with van der Waals surface area (Å²) in [5.74, 6) is -0.965. The van der Waals surface area contributed by atoms with Crippen molar-refractivity contribution in [3.8, 4) is 0 Å². The lowest BCUT2D eigenvalue weighted by Crippen LogP contribution is -2.37. The number of allylic oxidation sites excluding steroid dienone is 6. The van der Waals surface area contributed by atoms with E-state index in [0.717, 1.165) is 32.1 Å². The number of likely N-dealkylation sites (N-methyl/N-ethyl adjacent to an activating group) is 1. The van der Waals surface area contributed by atoms with Crippen LogP contribution in [0.25, 0.3) is 0 Å². The van der Waals surface area contributed by atoms with Gasteiger partial charge in [0.15, 0.2) is 6.10 Å². The lowest BCUT2D eigenvalue weighted by molar-refractivity contribution is -0.870. The number of phosphoric ester groups is 1. The van der Waals surface area contributed by atoms with Gasteiger partial charge in [0.25, 0.3) is 7.82 Å². The molecule has 11 heteroatoms. The van der Waals surface area contributed by atoms with Crippen molar-refractivity contribution >= 4 is 19.8 Å². The normalized spacial score (nSPS) is 14.7. The maximum atomic E-state index is 12.6. The molecule has 0 aromatic rings. The molecule has 0 bridgehead atoms. The van der Waals surface area contributed by atoms with E-state index in [2.05, 4.69) is 32.1 Å². The SMILES string of the molecule is CCCCC/C=C\C/C=C\CC(O)/C=C\C=C\CCCC(=O)O[C@H](COC(=O)CCCCCCCCCCCCCCC)COP(=O)([O-])OCC[N+](C)(C)C. The van der Waals surface area contributed by atoms with E-state index in [9.17, 15) is 24.2 Å². The van der Waals surface area contributed by atoms with Crippen molar-refractivity contribution in [2.24, 2.45) is 0 Å². The molecular weight excluding hydrogens is 717 g/mol. The van der Waals surface area contributed by atoms with Gasteiger partial charge in [0.05, 0.1) is 33.9 Å². The van der Waals surface area contributed by atoms with Crippen molar-refractivity contribution in [1.29, 1.82) is 0 Å². The number of hydrogen-bond acceptors (Lipinski definition) is 9. The van der Waals surface area contributed by atoms with Crippen LogP contribution in [0.15, 0.2) is 48.6 Å². The standard InChI is InChI=1S/C44H80NO9P/c1-6-8-10-12-14-16-17-18-19-21-23-27-31-35-43(47)51-39-42(40-53-55(49,50)52-38-37-45(3,4)5)54-44(48)36-32-28-24-26-30-34-41(46)33-29-25-22-20-15-13-11-9-7-2/h15,20,24-26,29-30,34,41-42,46H,6-14,16-19,21-23,27-28,31-33,35-40H2,1-5H3/b20-15-,26-24+,29-25-,34-30-/t41?,42-/m1/s1. The molecule has 0 saturated carbocycles. The second-order valence-electron chi connectivity index (χ2n) is 15.6. The Morgan fingerprint density at radius 2 is 1.24 bits per heavy atom. The van der Waals surface area contributed by atoms with Crippen LogP contribution in [0.1, 0.15) is 162 Å². The molecule has 0 aromatic heterocycles. The highest BCUT2D eigenvalue weighted by Crippen LogP contribution is 2.38. The minimum Gasteiger partial charge on any atom is -0.756 e. The van der Waals surface area contributed by atoms with Gasteiger partial charge in [0.2, 0.25) is 0 Å². The fourth-order valence-corrected chi connectivity index (χ4v) is 6.22. The van der Waals surface area contributed by atoms with E-state index < -0.39 is 38.6 Å². The Morgan fingerprint density at radius 1 is 0.673 bits per heavy atom. The second kappa shape index (κ2) is 36.3. The van der Waals surface area contributed by atoms with Crippen LogP contribution in [-0.4, -0.2) is 81.2 Å². The Labute approximate surface area is 336 Å². The van der Waals surface area contributed by atoms with Crippen LogP contribution in [0.4, 0.5) is 0 Å². The number of carbonyl (C=O) groups excluding carboxylic acids is 2. The van der Waals surface area contributed by atoms with Crippen LogP contribution in [0.3, 0.4) is 0 Å².